The van der Waals surface area contributed by atoms with Crippen LogP contribution in [0.2, 0.25) is 0 Å². The van der Waals surface area contributed by atoms with Gasteiger partial charge in [-0.15, -0.1) is 0 Å². The highest BCUT2D eigenvalue weighted by Gasteiger charge is 2.13. The summed E-state index contributed by atoms with van der Waals surface area (Å²) >= 11 is 0. The van der Waals surface area contributed by atoms with Crippen LogP contribution in [0.3, 0.4) is 0 Å². The van der Waals surface area contributed by atoms with Crippen molar-refractivity contribution in [3.8, 4) is 11.1 Å². The first-order valence-corrected chi connectivity index (χ1v) is 7.98. The molecule has 0 heterocycles. The summed E-state index contributed by atoms with van der Waals surface area (Å²) in [6, 6.07) is 17.9. The van der Waals surface area contributed by atoms with Crippen LogP contribution in [0.15, 0.2) is 48.5 Å². The second-order valence-electron chi connectivity index (χ2n) is 6.22. The Morgan fingerprint density at radius 3 is 2.25 bits per heavy atom. The number of hydrogen-bond acceptors (Lipinski definition) is 0. The lowest BCUT2D eigenvalue weighted by atomic mass is 9.84. The minimum absolute atomic E-state index is 0.924. The third kappa shape index (κ3) is 3.12. The van der Waals surface area contributed by atoms with Crippen LogP contribution in [-0.4, -0.2) is 0 Å². The molecule has 1 fully saturated rings. The zero-order valence-corrected chi connectivity index (χ0v) is 12.4. The van der Waals surface area contributed by atoms with Gasteiger partial charge >= 0.3 is 0 Å². The second kappa shape index (κ2) is 6.26. The highest BCUT2D eigenvalue weighted by Crippen LogP contribution is 2.28. The Bertz CT molecular complexity index is 545. The van der Waals surface area contributed by atoms with Crippen molar-refractivity contribution in [1.29, 1.82) is 0 Å². The fraction of sp³-hybridized carbons (Fsp3) is 0.400. The number of rotatable bonds is 3. The molecule has 0 heteroatoms. The maximum absolute atomic E-state index is 2.33. The van der Waals surface area contributed by atoms with Gasteiger partial charge in [0.2, 0.25) is 0 Å². The topological polar surface area (TPSA) is 0 Å². The fourth-order valence-corrected chi connectivity index (χ4v) is 3.44. The van der Waals surface area contributed by atoms with E-state index >= 15 is 0 Å². The summed E-state index contributed by atoms with van der Waals surface area (Å²) in [5.41, 5.74) is 5.56. The predicted octanol–water partition coefficient (Wildman–Crippen LogP) is 5.78. The zero-order valence-electron chi connectivity index (χ0n) is 12.4. The first kappa shape index (κ1) is 13.4. The van der Waals surface area contributed by atoms with Crippen molar-refractivity contribution in [1.82, 2.24) is 0 Å². The van der Waals surface area contributed by atoms with Gasteiger partial charge in [0, 0.05) is 0 Å². The third-order valence-electron chi connectivity index (χ3n) is 4.66. The smallest absolute Gasteiger partial charge is 0.0155 e. The lowest BCUT2D eigenvalue weighted by Crippen LogP contribution is -2.09. The highest BCUT2D eigenvalue weighted by molar-refractivity contribution is 5.67. The Morgan fingerprint density at radius 1 is 0.850 bits per heavy atom. The molecule has 0 spiro atoms. The Kier molecular flexibility index (Phi) is 4.20. The summed E-state index contributed by atoms with van der Waals surface area (Å²) in [6.45, 7) is 2.19. The molecule has 2 aromatic rings. The molecule has 0 nitrogen and oxygen atoms in total. The van der Waals surface area contributed by atoms with E-state index in [1.165, 1.54) is 60.8 Å². The van der Waals surface area contributed by atoms with Gasteiger partial charge in [0.05, 0.1) is 0 Å². The maximum Gasteiger partial charge on any atom is -0.0155 e. The third-order valence-corrected chi connectivity index (χ3v) is 4.66. The van der Waals surface area contributed by atoms with Gasteiger partial charge in [0.1, 0.15) is 0 Å². The van der Waals surface area contributed by atoms with E-state index in [1.54, 1.807) is 0 Å². The second-order valence-corrected chi connectivity index (χ2v) is 6.22. The zero-order chi connectivity index (χ0) is 13.8. The van der Waals surface area contributed by atoms with Crippen molar-refractivity contribution in [3.63, 3.8) is 0 Å². The molecular weight excluding hydrogens is 240 g/mol. The lowest BCUT2D eigenvalue weighted by Gasteiger charge is -2.21. The largest absolute Gasteiger partial charge is 0.0620 e. The standard InChI is InChI=1S/C20H24/c1-16-7-5-6-10-20(16)19-13-11-18(12-14-19)15-17-8-3-2-4-9-17/h5-7,10-14,17H,2-4,8-9,15H2,1H3. The number of aryl methyl sites for hydroxylation is 1. The Balaban J connectivity index is 1.73. The first-order valence-electron chi connectivity index (χ1n) is 7.98. The molecule has 2 aromatic carbocycles. The molecule has 1 aliphatic carbocycles. The average molecular weight is 264 g/mol. The van der Waals surface area contributed by atoms with E-state index in [1.807, 2.05) is 0 Å². The first-order chi connectivity index (χ1) is 9.83. The van der Waals surface area contributed by atoms with E-state index in [-0.39, 0.29) is 0 Å². The molecule has 0 aromatic heterocycles. The van der Waals surface area contributed by atoms with Gasteiger partial charge in [-0.25, -0.2) is 0 Å². The molecule has 0 bridgehead atoms. The van der Waals surface area contributed by atoms with E-state index in [9.17, 15) is 0 Å². The molecule has 0 unspecified atom stereocenters. The molecule has 0 aliphatic heterocycles. The van der Waals surface area contributed by atoms with Crippen molar-refractivity contribution in [2.75, 3.05) is 0 Å². The van der Waals surface area contributed by atoms with E-state index in [0.29, 0.717) is 0 Å². The normalized spacial score (nSPS) is 16.2. The van der Waals surface area contributed by atoms with Crippen LogP contribution in [0.5, 0.6) is 0 Å². The molecular formula is C20H24. The minimum Gasteiger partial charge on any atom is -0.0620 e. The summed E-state index contributed by atoms with van der Waals surface area (Å²) < 4.78 is 0. The van der Waals surface area contributed by atoms with Crippen LogP contribution in [0.4, 0.5) is 0 Å². The molecule has 104 valence electrons. The number of benzene rings is 2. The van der Waals surface area contributed by atoms with E-state index in [4.69, 9.17) is 0 Å². The summed E-state index contributed by atoms with van der Waals surface area (Å²) in [7, 11) is 0. The maximum atomic E-state index is 2.33. The van der Waals surface area contributed by atoms with Gasteiger partial charge in [-0.3, -0.25) is 0 Å². The average Bonchev–Trinajstić information content (AvgIpc) is 2.50. The Morgan fingerprint density at radius 2 is 1.55 bits per heavy atom. The lowest BCUT2D eigenvalue weighted by molar-refractivity contribution is 0.356. The highest BCUT2D eigenvalue weighted by atomic mass is 14.2. The van der Waals surface area contributed by atoms with Crippen LogP contribution in [0.1, 0.15) is 43.2 Å². The molecule has 0 radical (unpaired) electrons. The van der Waals surface area contributed by atoms with Crippen LogP contribution < -0.4 is 0 Å². The van der Waals surface area contributed by atoms with Gasteiger partial charge in [-0.1, -0.05) is 80.6 Å². The Labute approximate surface area is 122 Å². The molecule has 1 aliphatic rings. The summed E-state index contributed by atoms with van der Waals surface area (Å²) in [6.07, 6.45) is 8.45. The van der Waals surface area contributed by atoms with Gasteiger partial charge in [-0.2, -0.15) is 0 Å². The fourth-order valence-electron chi connectivity index (χ4n) is 3.44. The van der Waals surface area contributed by atoms with E-state index < -0.39 is 0 Å². The molecule has 0 N–H and O–H groups in total. The van der Waals surface area contributed by atoms with Crippen LogP contribution in [-0.2, 0) is 6.42 Å². The molecule has 0 atom stereocenters. The number of hydrogen-bond donors (Lipinski definition) is 0. The van der Waals surface area contributed by atoms with Crippen LogP contribution in [0, 0.1) is 12.8 Å². The van der Waals surface area contributed by atoms with Crippen molar-refractivity contribution in [2.24, 2.45) is 5.92 Å². The van der Waals surface area contributed by atoms with Crippen LogP contribution in [0.25, 0.3) is 11.1 Å². The summed E-state index contributed by atoms with van der Waals surface area (Å²) in [4.78, 5) is 0. The summed E-state index contributed by atoms with van der Waals surface area (Å²) in [5.74, 6) is 0.924. The minimum atomic E-state index is 0.924. The van der Waals surface area contributed by atoms with Gasteiger partial charge in [0.25, 0.3) is 0 Å². The van der Waals surface area contributed by atoms with Crippen molar-refractivity contribution in [3.05, 3.63) is 59.7 Å². The van der Waals surface area contributed by atoms with E-state index in [2.05, 4.69) is 55.5 Å². The van der Waals surface area contributed by atoms with Gasteiger partial charge in [0.15, 0.2) is 0 Å². The van der Waals surface area contributed by atoms with Gasteiger partial charge in [-0.05, 0) is 41.5 Å². The van der Waals surface area contributed by atoms with Crippen molar-refractivity contribution < 1.29 is 0 Å². The van der Waals surface area contributed by atoms with Crippen molar-refractivity contribution >= 4 is 0 Å². The molecule has 20 heavy (non-hydrogen) atoms. The quantitative estimate of drug-likeness (QED) is 0.658. The van der Waals surface area contributed by atoms with Gasteiger partial charge < -0.3 is 0 Å². The van der Waals surface area contributed by atoms with Crippen LogP contribution >= 0.6 is 0 Å². The predicted molar refractivity (Wildman–Crippen MR) is 86.9 cm³/mol. The molecule has 0 saturated heterocycles. The van der Waals surface area contributed by atoms with Crippen molar-refractivity contribution in [2.45, 2.75) is 45.4 Å². The Hall–Kier alpha value is -1.56. The molecule has 3 rings (SSSR count). The summed E-state index contributed by atoms with van der Waals surface area (Å²) in [5, 5.41) is 0. The molecule has 1 saturated carbocycles. The molecule has 0 amide bonds. The monoisotopic (exact) mass is 264 g/mol. The van der Waals surface area contributed by atoms with E-state index in [0.717, 1.165) is 5.92 Å². The SMILES string of the molecule is Cc1ccccc1-c1ccc(CC2CCCCC2)cc1.